The zero-order valence-corrected chi connectivity index (χ0v) is 17.3. The number of nitrogens with zero attached hydrogens (tertiary/aromatic N) is 4. The average molecular weight is 422 g/mol. The Morgan fingerprint density at radius 2 is 1.94 bits per heavy atom. The maximum atomic E-state index is 13.4. The largest absolute Gasteiger partial charge is 0.338 e. The molecule has 0 spiro atoms. The summed E-state index contributed by atoms with van der Waals surface area (Å²) < 4.78 is 13.4. The first kappa shape index (κ1) is 19.6. The van der Waals surface area contributed by atoms with E-state index < -0.39 is 0 Å². The van der Waals surface area contributed by atoms with Gasteiger partial charge in [-0.3, -0.25) is 10.1 Å². The van der Waals surface area contributed by atoms with Crippen LogP contribution in [0, 0.1) is 5.82 Å². The third kappa shape index (κ3) is 3.39. The van der Waals surface area contributed by atoms with E-state index in [0.29, 0.717) is 5.65 Å². The maximum Gasteiger partial charge on any atom is 0.181 e. The molecule has 0 unspecified atom stereocenters. The number of allylic oxidation sites excluding steroid dienone is 3. The lowest BCUT2D eigenvalue weighted by atomic mass is 10.0. The van der Waals surface area contributed by atoms with Gasteiger partial charge in [-0.2, -0.15) is 5.10 Å². The molecule has 156 valence electrons. The van der Waals surface area contributed by atoms with Crippen LogP contribution in [0.4, 0.5) is 4.39 Å². The molecule has 5 rings (SSSR count). The van der Waals surface area contributed by atoms with E-state index in [-0.39, 0.29) is 5.82 Å². The maximum absolute atomic E-state index is 13.4. The predicted octanol–water partition coefficient (Wildman–Crippen LogP) is 5.58. The molecule has 5 aromatic rings. The van der Waals surface area contributed by atoms with E-state index in [0.717, 1.165) is 50.1 Å². The normalized spacial score (nSPS) is 12.2. The van der Waals surface area contributed by atoms with Crippen LogP contribution in [0.25, 0.3) is 50.2 Å². The molecule has 4 aromatic heterocycles. The third-order valence-corrected chi connectivity index (χ3v) is 5.26. The molecule has 0 bridgehead atoms. The molecular formula is C25H19FN6. The molecular weight excluding hydrogens is 403 g/mol. The highest BCUT2D eigenvalue weighted by Gasteiger charge is 2.15. The van der Waals surface area contributed by atoms with E-state index in [1.54, 1.807) is 43.9 Å². The Bertz CT molecular complexity index is 1510. The van der Waals surface area contributed by atoms with E-state index in [9.17, 15) is 4.39 Å². The van der Waals surface area contributed by atoms with Crippen molar-refractivity contribution < 1.29 is 4.39 Å². The number of rotatable bonds is 5. The Morgan fingerprint density at radius 3 is 2.72 bits per heavy atom. The summed E-state index contributed by atoms with van der Waals surface area (Å²) in [6, 6.07) is 12.4. The quantitative estimate of drug-likeness (QED) is 0.287. The number of aromatic amines is 2. The van der Waals surface area contributed by atoms with Gasteiger partial charge in [0.05, 0.1) is 11.4 Å². The lowest BCUT2D eigenvalue weighted by Gasteiger charge is -2.02. The summed E-state index contributed by atoms with van der Waals surface area (Å²) in [6.45, 7) is 3.78. The van der Waals surface area contributed by atoms with Crippen molar-refractivity contribution in [3.63, 3.8) is 0 Å². The van der Waals surface area contributed by atoms with Crippen molar-refractivity contribution in [2.24, 2.45) is 4.99 Å². The van der Waals surface area contributed by atoms with Gasteiger partial charge in [0.2, 0.25) is 0 Å². The number of halogens is 1. The highest BCUT2D eigenvalue weighted by molar-refractivity contribution is 6.11. The van der Waals surface area contributed by atoms with Crippen LogP contribution in [0.3, 0.4) is 0 Å². The van der Waals surface area contributed by atoms with Crippen LogP contribution >= 0.6 is 0 Å². The lowest BCUT2D eigenvalue weighted by Crippen LogP contribution is -1.89. The first-order valence-corrected chi connectivity index (χ1v) is 10.0. The summed E-state index contributed by atoms with van der Waals surface area (Å²) in [5.41, 5.74) is 6.69. The number of fused-ring (bicyclic) bond motifs is 2. The van der Waals surface area contributed by atoms with Crippen molar-refractivity contribution >= 4 is 33.9 Å². The van der Waals surface area contributed by atoms with Gasteiger partial charge in [-0.05, 0) is 41.5 Å². The number of hydrogen-bond donors (Lipinski definition) is 2. The minimum Gasteiger partial charge on any atom is -0.338 e. The summed E-state index contributed by atoms with van der Waals surface area (Å²) in [5, 5.41) is 9.26. The van der Waals surface area contributed by atoms with Gasteiger partial charge in [-0.1, -0.05) is 30.9 Å². The molecule has 0 saturated heterocycles. The highest BCUT2D eigenvalue weighted by Crippen LogP contribution is 2.33. The highest BCUT2D eigenvalue weighted by atomic mass is 19.1. The van der Waals surface area contributed by atoms with Gasteiger partial charge in [0.1, 0.15) is 11.5 Å². The fourth-order valence-electron chi connectivity index (χ4n) is 3.79. The van der Waals surface area contributed by atoms with Gasteiger partial charge in [0.15, 0.2) is 5.65 Å². The molecule has 0 radical (unpaired) electrons. The number of benzene rings is 1. The van der Waals surface area contributed by atoms with Gasteiger partial charge < -0.3 is 4.98 Å². The standard InChI is InChI=1S/C25H19FN6/c1-3-4-16(13-27-2)17-11-21-23(31-32-25(21)29-14-17)22-12-20-19(9-10-28-24(20)30-22)15-5-7-18(26)8-6-15/h3-14H,1H2,2H3,(H,28,30)(H,29,31,32)/b16-4+,27-13?. The Balaban J connectivity index is 1.65. The summed E-state index contributed by atoms with van der Waals surface area (Å²) in [7, 11) is 1.72. The SMILES string of the molecule is C=C/C=C(\C=NC)c1cnc2n[nH]c(-c3cc4c(-c5ccc(F)cc5)ccnc4[nH]3)c2c1. The summed E-state index contributed by atoms with van der Waals surface area (Å²) in [4.78, 5) is 16.5. The van der Waals surface area contributed by atoms with E-state index in [2.05, 4.69) is 36.7 Å². The number of aromatic nitrogens is 5. The van der Waals surface area contributed by atoms with Crippen molar-refractivity contribution in [3.8, 4) is 22.5 Å². The van der Waals surface area contributed by atoms with Gasteiger partial charge in [0.25, 0.3) is 0 Å². The summed E-state index contributed by atoms with van der Waals surface area (Å²) >= 11 is 0. The Kier molecular flexibility index (Phi) is 4.91. The Labute approximate surface area is 183 Å². The summed E-state index contributed by atoms with van der Waals surface area (Å²) in [6.07, 6.45) is 8.88. The molecule has 32 heavy (non-hydrogen) atoms. The van der Waals surface area contributed by atoms with Crippen LogP contribution in [-0.4, -0.2) is 38.4 Å². The number of hydrogen-bond acceptors (Lipinski definition) is 4. The third-order valence-electron chi connectivity index (χ3n) is 5.26. The van der Waals surface area contributed by atoms with E-state index in [1.807, 2.05) is 24.3 Å². The van der Waals surface area contributed by atoms with Crippen LogP contribution in [-0.2, 0) is 0 Å². The molecule has 0 atom stereocenters. The van der Waals surface area contributed by atoms with Crippen LogP contribution in [0.5, 0.6) is 0 Å². The molecule has 0 saturated carbocycles. The number of nitrogens with one attached hydrogen (secondary N) is 2. The van der Waals surface area contributed by atoms with Crippen LogP contribution < -0.4 is 0 Å². The topological polar surface area (TPSA) is 82.6 Å². The van der Waals surface area contributed by atoms with Gasteiger partial charge >= 0.3 is 0 Å². The van der Waals surface area contributed by atoms with Crippen LogP contribution in [0.1, 0.15) is 5.56 Å². The Hall–Kier alpha value is -4.39. The first-order chi connectivity index (χ1) is 15.7. The van der Waals surface area contributed by atoms with Crippen molar-refractivity contribution in [1.82, 2.24) is 25.1 Å². The van der Waals surface area contributed by atoms with Crippen molar-refractivity contribution in [2.45, 2.75) is 0 Å². The second-order valence-electron chi connectivity index (χ2n) is 7.25. The molecule has 7 heteroatoms. The van der Waals surface area contributed by atoms with Crippen LogP contribution in [0.15, 0.2) is 78.6 Å². The van der Waals surface area contributed by atoms with E-state index >= 15 is 0 Å². The van der Waals surface area contributed by atoms with Gasteiger partial charge in [-0.25, -0.2) is 14.4 Å². The van der Waals surface area contributed by atoms with Gasteiger partial charge in [-0.15, -0.1) is 0 Å². The van der Waals surface area contributed by atoms with E-state index in [4.69, 9.17) is 0 Å². The number of aliphatic imine (C=N–C) groups is 1. The molecule has 0 fully saturated rings. The molecule has 2 N–H and O–H groups in total. The molecule has 0 aliphatic carbocycles. The zero-order chi connectivity index (χ0) is 22.1. The average Bonchev–Trinajstić information content (AvgIpc) is 3.43. The van der Waals surface area contributed by atoms with Gasteiger partial charge in [0, 0.05) is 47.6 Å². The smallest absolute Gasteiger partial charge is 0.181 e. The minimum absolute atomic E-state index is 0.265. The fourth-order valence-corrected chi connectivity index (χ4v) is 3.79. The zero-order valence-electron chi connectivity index (χ0n) is 17.3. The lowest BCUT2D eigenvalue weighted by molar-refractivity contribution is 0.628. The molecule has 0 aliphatic heterocycles. The first-order valence-electron chi connectivity index (χ1n) is 10.0. The second-order valence-corrected chi connectivity index (χ2v) is 7.25. The monoisotopic (exact) mass is 422 g/mol. The summed E-state index contributed by atoms with van der Waals surface area (Å²) in [5.74, 6) is -0.265. The van der Waals surface area contributed by atoms with Crippen LogP contribution in [0.2, 0.25) is 0 Å². The molecule has 0 aliphatic rings. The van der Waals surface area contributed by atoms with Crippen molar-refractivity contribution in [2.75, 3.05) is 7.05 Å². The molecule has 6 nitrogen and oxygen atoms in total. The Morgan fingerprint density at radius 1 is 1.09 bits per heavy atom. The molecule has 1 aromatic carbocycles. The molecule has 0 amide bonds. The predicted molar refractivity (Wildman–Crippen MR) is 127 cm³/mol. The van der Waals surface area contributed by atoms with Crippen molar-refractivity contribution in [3.05, 3.63) is 85.0 Å². The van der Waals surface area contributed by atoms with E-state index in [1.165, 1.54) is 12.1 Å². The van der Waals surface area contributed by atoms with Crippen molar-refractivity contribution in [1.29, 1.82) is 0 Å². The molecule has 4 heterocycles. The minimum atomic E-state index is -0.265. The second kappa shape index (κ2) is 8.03. The number of H-pyrrole nitrogens is 2. The fraction of sp³-hybridized carbons (Fsp3) is 0.0400. The number of pyridine rings is 2.